The summed E-state index contributed by atoms with van der Waals surface area (Å²) >= 11 is 6.02. The van der Waals surface area contributed by atoms with Crippen LogP contribution in [0.5, 0.6) is 5.75 Å². The molecule has 0 saturated heterocycles. The lowest BCUT2D eigenvalue weighted by Crippen LogP contribution is -1.95. The lowest BCUT2D eigenvalue weighted by atomic mass is 9.94. The number of aromatic hydroxyl groups is 1. The summed E-state index contributed by atoms with van der Waals surface area (Å²) in [4.78, 5) is 0. The molecule has 0 fully saturated rings. The Bertz CT molecular complexity index is 279. The van der Waals surface area contributed by atoms with E-state index in [1.807, 2.05) is 6.07 Å². The van der Waals surface area contributed by atoms with Gasteiger partial charge in [0.05, 0.1) is 0 Å². The quantitative estimate of drug-likeness (QED) is 0.780. The summed E-state index contributed by atoms with van der Waals surface area (Å²) in [5.41, 5.74) is 1.14. The van der Waals surface area contributed by atoms with E-state index in [0.717, 1.165) is 18.4 Å². The van der Waals surface area contributed by atoms with E-state index in [1.54, 1.807) is 12.1 Å². The first-order valence-corrected chi connectivity index (χ1v) is 5.05. The molecule has 13 heavy (non-hydrogen) atoms. The Kier molecular flexibility index (Phi) is 3.61. The lowest BCUT2D eigenvalue weighted by molar-refractivity contribution is 0.474. The standard InChI is InChI=1S/C11H15ClO/c1-3-8(4-2)10-6-5-9(13)7-11(10)12/h5-8,13H,3-4H2,1-2H3. The van der Waals surface area contributed by atoms with Crippen molar-refractivity contribution in [2.24, 2.45) is 0 Å². The summed E-state index contributed by atoms with van der Waals surface area (Å²) in [6, 6.07) is 5.21. The summed E-state index contributed by atoms with van der Waals surface area (Å²) in [5, 5.41) is 9.85. The molecule has 0 heterocycles. The molecule has 0 bridgehead atoms. The van der Waals surface area contributed by atoms with Gasteiger partial charge >= 0.3 is 0 Å². The highest BCUT2D eigenvalue weighted by Gasteiger charge is 2.10. The van der Waals surface area contributed by atoms with Crippen LogP contribution in [0.15, 0.2) is 18.2 Å². The van der Waals surface area contributed by atoms with E-state index in [4.69, 9.17) is 11.6 Å². The molecular weight excluding hydrogens is 184 g/mol. The normalized spacial score (nSPS) is 10.8. The highest BCUT2D eigenvalue weighted by molar-refractivity contribution is 6.31. The van der Waals surface area contributed by atoms with Crippen LogP contribution in [0.25, 0.3) is 0 Å². The average Bonchev–Trinajstić information content (AvgIpc) is 2.10. The van der Waals surface area contributed by atoms with Crippen molar-refractivity contribution >= 4 is 11.6 Å². The minimum atomic E-state index is 0.236. The molecule has 0 amide bonds. The van der Waals surface area contributed by atoms with Gasteiger partial charge in [-0.2, -0.15) is 0 Å². The number of phenolic OH excluding ortho intramolecular Hbond substituents is 1. The Labute approximate surface area is 84.4 Å². The van der Waals surface area contributed by atoms with Crippen molar-refractivity contribution in [3.8, 4) is 5.75 Å². The maximum Gasteiger partial charge on any atom is 0.117 e. The van der Waals surface area contributed by atoms with E-state index in [2.05, 4.69) is 13.8 Å². The van der Waals surface area contributed by atoms with Crippen LogP contribution in [0.1, 0.15) is 38.2 Å². The van der Waals surface area contributed by atoms with Crippen LogP contribution in [0.3, 0.4) is 0 Å². The van der Waals surface area contributed by atoms with Gasteiger partial charge in [0.2, 0.25) is 0 Å². The van der Waals surface area contributed by atoms with Gasteiger partial charge in [0, 0.05) is 5.02 Å². The van der Waals surface area contributed by atoms with Gasteiger partial charge in [0.25, 0.3) is 0 Å². The zero-order valence-electron chi connectivity index (χ0n) is 8.05. The highest BCUT2D eigenvalue weighted by Crippen LogP contribution is 2.31. The molecule has 1 nitrogen and oxygen atoms in total. The molecule has 0 aliphatic carbocycles. The molecule has 0 spiro atoms. The molecule has 1 aromatic carbocycles. The van der Waals surface area contributed by atoms with Crippen LogP contribution < -0.4 is 0 Å². The molecule has 1 N–H and O–H groups in total. The maximum atomic E-state index is 9.18. The van der Waals surface area contributed by atoms with Crippen LogP contribution in [0.2, 0.25) is 5.02 Å². The van der Waals surface area contributed by atoms with Gasteiger partial charge in [-0.3, -0.25) is 0 Å². The Morgan fingerprint density at radius 3 is 2.38 bits per heavy atom. The zero-order chi connectivity index (χ0) is 9.84. The van der Waals surface area contributed by atoms with Gasteiger partial charge < -0.3 is 5.11 Å². The fourth-order valence-electron chi connectivity index (χ4n) is 1.58. The molecule has 0 saturated carbocycles. The van der Waals surface area contributed by atoms with E-state index in [1.165, 1.54) is 0 Å². The smallest absolute Gasteiger partial charge is 0.117 e. The molecule has 0 radical (unpaired) electrons. The van der Waals surface area contributed by atoms with Crippen molar-refractivity contribution in [2.75, 3.05) is 0 Å². The monoisotopic (exact) mass is 198 g/mol. The number of benzene rings is 1. The van der Waals surface area contributed by atoms with Crippen molar-refractivity contribution in [3.05, 3.63) is 28.8 Å². The van der Waals surface area contributed by atoms with Gasteiger partial charge in [0.1, 0.15) is 5.75 Å². The fourth-order valence-corrected chi connectivity index (χ4v) is 1.90. The van der Waals surface area contributed by atoms with Crippen molar-refractivity contribution in [1.29, 1.82) is 0 Å². The minimum Gasteiger partial charge on any atom is -0.508 e. The summed E-state index contributed by atoms with van der Waals surface area (Å²) in [7, 11) is 0. The Morgan fingerprint density at radius 2 is 1.92 bits per heavy atom. The van der Waals surface area contributed by atoms with Gasteiger partial charge in [-0.1, -0.05) is 31.5 Å². The molecule has 0 aromatic heterocycles. The zero-order valence-corrected chi connectivity index (χ0v) is 8.80. The lowest BCUT2D eigenvalue weighted by Gasteiger charge is -2.14. The van der Waals surface area contributed by atoms with Gasteiger partial charge in [-0.05, 0) is 36.5 Å². The fraction of sp³-hybridized carbons (Fsp3) is 0.455. The third kappa shape index (κ3) is 2.38. The first kappa shape index (κ1) is 10.4. The Balaban J connectivity index is 2.99. The van der Waals surface area contributed by atoms with Crippen LogP contribution in [0.4, 0.5) is 0 Å². The van der Waals surface area contributed by atoms with Crippen molar-refractivity contribution in [1.82, 2.24) is 0 Å². The topological polar surface area (TPSA) is 20.2 Å². The summed E-state index contributed by atoms with van der Waals surface area (Å²) in [6.07, 6.45) is 2.17. The molecule has 0 aliphatic heterocycles. The molecule has 2 heteroatoms. The maximum absolute atomic E-state index is 9.18. The van der Waals surface area contributed by atoms with Crippen molar-refractivity contribution in [2.45, 2.75) is 32.6 Å². The number of hydrogen-bond donors (Lipinski definition) is 1. The molecular formula is C11H15ClO. The van der Waals surface area contributed by atoms with Crippen molar-refractivity contribution < 1.29 is 5.11 Å². The Hall–Kier alpha value is -0.690. The van der Waals surface area contributed by atoms with Crippen LogP contribution >= 0.6 is 11.6 Å². The third-order valence-corrected chi connectivity index (χ3v) is 2.74. The number of hydrogen-bond acceptors (Lipinski definition) is 1. The van der Waals surface area contributed by atoms with Gasteiger partial charge in [0.15, 0.2) is 0 Å². The van der Waals surface area contributed by atoms with Crippen LogP contribution in [-0.4, -0.2) is 5.11 Å². The summed E-state index contributed by atoms with van der Waals surface area (Å²) < 4.78 is 0. The Morgan fingerprint density at radius 1 is 1.31 bits per heavy atom. The first-order chi connectivity index (χ1) is 6.19. The minimum absolute atomic E-state index is 0.236. The number of halogens is 1. The third-order valence-electron chi connectivity index (χ3n) is 2.41. The molecule has 1 rings (SSSR count). The largest absolute Gasteiger partial charge is 0.508 e. The highest BCUT2D eigenvalue weighted by atomic mass is 35.5. The molecule has 72 valence electrons. The number of phenols is 1. The predicted molar refractivity (Wildman–Crippen MR) is 56.4 cm³/mol. The molecule has 0 aliphatic rings. The van der Waals surface area contributed by atoms with Crippen molar-refractivity contribution in [3.63, 3.8) is 0 Å². The van der Waals surface area contributed by atoms with E-state index in [9.17, 15) is 5.11 Å². The summed E-state index contributed by atoms with van der Waals surface area (Å²) in [6.45, 7) is 4.30. The van der Waals surface area contributed by atoms with E-state index >= 15 is 0 Å². The van der Waals surface area contributed by atoms with E-state index in [0.29, 0.717) is 10.9 Å². The second-order valence-electron chi connectivity index (χ2n) is 3.22. The second-order valence-corrected chi connectivity index (χ2v) is 3.63. The average molecular weight is 199 g/mol. The van der Waals surface area contributed by atoms with Gasteiger partial charge in [-0.15, -0.1) is 0 Å². The predicted octanol–water partition coefficient (Wildman–Crippen LogP) is 3.95. The van der Waals surface area contributed by atoms with Crippen LogP contribution in [-0.2, 0) is 0 Å². The first-order valence-electron chi connectivity index (χ1n) is 4.67. The van der Waals surface area contributed by atoms with E-state index < -0.39 is 0 Å². The SMILES string of the molecule is CCC(CC)c1ccc(O)cc1Cl. The molecule has 0 atom stereocenters. The van der Waals surface area contributed by atoms with Crippen LogP contribution in [0, 0.1) is 0 Å². The van der Waals surface area contributed by atoms with Gasteiger partial charge in [-0.25, -0.2) is 0 Å². The number of rotatable bonds is 3. The summed E-state index contributed by atoms with van der Waals surface area (Å²) in [5.74, 6) is 0.743. The second kappa shape index (κ2) is 4.52. The van der Waals surface area contributed by atoms with E-state index in [-0.39, 0.29) is 5.75 Å². The molecule has 0 unspecified atom stereocenters. The molecule has 1 aromatic rings.